The molecule has 0 spiro atoms. The molecule has 1 fully saturated rings. The van der Waals surface area contributed by atoms with Gasteiger partial charge in [-0.25, -0.2) is 9.18 Å². The van der Waals surface area contributed by atoms with Gasteiger partial charge >= 0.3 is 12.1 Å². The van der Waals surface area contributed by atoms with Gasteiger partial charge in [-0.3, -0.25) is 0 Å². The largest absolute Gasteiger partial charge is 0.493 e. The fourth-order valence-corrected chi connectivity index (χ4v) is 3.15. The summed E-state index contributed by atoms with van der Waals surface area (Å²) in [6.07, 6.45) is -4.33. The number of alkyl halides is 3. The number of halogens is 4. The van der Waals surface area contributed by atoms with E-state index in [0.717, 1.165) is 13.2 Å². The summed E-state index contributed by atoms with van der Waals surface area (Å²) in [6, 6.07) is -0.605. The highest BCUT2D eigenvalue weighted by atomic mass is 19.4. The maximum absolute atomic E-state index is 14.0. The van der Waals surface area contributed by atoms with Gasteiger partial charge in [-0.05, 0) is 57.8 Å². The Morgan fingerprint density at radius 1 is 1.35 bits per heavy atom. The Hall–Kier alpha value is -2.13. The van der Waals surface area contributed by atoms with Crippen molar-refractivity contribution in [2.45, 2.75) is 64.5 Å². The van der Waals surface area contributed by atoms with Crippen LogP contribution in [-0.2, 0) is 19.0 Å². The summed E-state index contributed by atoms with van der Waals surface area (Å²) in [4.78, 5) is 12.2. The first kappa shape index (κ1) is 26.9. The summed E-state index contributed by atoms with van der Waals surface area (Å²) >= 11 is 0. The van der Waals surface area contributed by atoms with Gasteiger partial charge in [-0.1, -0.05) is 13.2 Å². The van der Waals surface area contributed by atoms with E-state index >= 15 is 0 Å². The lowest BCUT2D eigenvalue weighted by atomic mass is 9.95. The van der Waals surface area contributed by atoms with Crippen molar-refractivity contribution in [3.8, 4) is 0 Å². The van der Waals surface area contributed by atoms with E-state index in [1.807, 2.05) is 0 Å². The number of carbonyl (C=O) groups excluding carboxylic acids is 1. The van der Waals surface area contributed by atoms with Crippen molar-refractivity contribution >= 4 is 5.97 Å². The Bertz CT molecular complexity index is 748. The van der Waals surface area contributed by atoms with E-state index in [0.29, 0.717) is 19.4 Å². The zero-order chi connectivity index (χ0) is 24.0. The number of allylic oxidation sites excluding steroid dienone is 2. The minimum atomic E-state index is -4.80. The van der Waals surface area contributed by atoms with Crippen LogP contribution in [0.3, 0.4) is 0 Å². The monoisotopic (exact) mass is 449 g/mol. The molecule has 0 amide bonds. The zero-order valence-electron chi connectivity index (χ0n) is 18.6. The Kier molecular flexibility index (Phi) is 9.50. The average molecular weight is 449 g/mol. The van der Waals surface area contributed by atoms with Crippen molar-refractivity contribution in [2.75, 3.05) is 20.3 Å². The standard InChI is InChI=1S/C22H31F4NO4/c1-8-15(23)19-16(10-9-11-30-19)27-12-13(2)17(22(24,25)26)14(3)18(20(28)29-7)31-21(4,5)6/h8,16,18,27H,1,3,9-12H2,2,4-7H3/b17-13-,19-15-/t16?,18-/m0/s1. The van der Waals surface area contributed by atoms with Crippen LogP contribution >= 0.6 is 0 Å². The molecule has 2 atom stereocenters. The third-order valence-corrected chi connectivity index (χ3v) is 4.47. The fraction of sp³-hybridized carbons (Fsp3) is 0.591. The molecular weight excluding hydrogens is 418 g/mol. The van der Waals surface area contributed by atoms with Gasteiger partial charge in [0.05, 0.1) is 30.9 Å². The van der Waals surface area contributed by atoms with Gasteiger partial charge in [0.25, 0.3) is 0 Å². The lowest BCUT2D eigenvalue weighted by Gasteiger charge is -2.30. The van der Waals surface area contributed by atoms with Gasteiger partial charge in [-0.15, -0.1) is 0 Å². The molecule has 5 nitrogen and oxygen atoms in total. The molecule has 1 aliphatic heterocycles. The van der Waals surface area contributed by atoms with Crippen molar-refractivity contribution in [1.82, 2.24) is 5.32 Å². The van der Waals surface area contributed by atoms with Gasteiger partial charge in [0.2, 0.25) is 0 Å². The number of rotatable bonds is 8. The second-order valence-electron chi connectivity index (χ2n) is 8.15. The Morgan fingerprint density at radius 2 is 1.97 bits per heavy atom. The molecule has 9 heteroatoms. The maximum Gasteiger partial charge on any atom is 0.416 e. The third kappa shape index (κ3) is 7.81. The smallest absolute Gasteiger partial charge is 0.416 e. The van der Waals surface area contributed by atoms with E-state index < -0.39 is 46.9 Å². The summed E-state index contributed by atoms with van der Waals surface area (Å²) in [5.41, 5.74) is -2.69. The predicted molar refractivity (Wildman–Crippen MR) is 110 cm³/mol. The second kappa shape index (κ2) is 10.9. The highest BCUT2D eigenvalue weighted by Crippen LogP contribution is 2.36. The molecule has 1 saturated heterocycles. The van der Waals surface area contributed by atoms with E-state index in [9.17, 15) is 22.4 Å². The molecular formula is C22H31F4NO4. The number of ether oxygens (including phenoxy) is 3. The summed E-state index contributed by atoms with van der Waals surface area (Å²) in [7, 11) is 1.06. The van der Waals surface area contributed by atoms with Crippen molar-refractivity contribution in [3.05, 3.63) is 47.5 Å². The summed E-state index contributed by atoms with van der Waals surface area (Å²) in [5.74, 6) is -1.63. The second-order valence-corrected chi connectivity index (χ2v) is 8.15. The Balaban J connectivity index is 3.25. The molecule has 0 bridgehead atoms. The summed E-state index contributed by atoms with van der Waals surface area (Å²) < 4.78 is 71.3. The van der Waals surface area contributed by atoms with Crippen molar-refractivity contribution < 1.29 is 36.6 Å². The number of nitrogens with one attached hydrogen (secondary N) is 1. The molecule has 0 aromatic carbocycles. The zero-order valence-corrected chi connectivity index (χ0v) is 18.6. The van der Waals surface area contributed by atoms with Crippen LogP contribution < -0.4 is 5.32 Å². The van der Waals surface area contributed by atoms with Crippen LogP contribution in [-0.4, -0.2) is 50.2 Å². The van der Waals surface area contributed by atoms with E-state index in [-0.39, 0.29) is 17.9 Å². The SMILES string of the molecule is C=C/C(F)=C1/OCCCC1NC/C(C)=C(/C(=C)[C@H](OC(C)(C)C)C(=O)OC)C(F)(F)F. The normalized spacial score (nSPS) is 20.9. The minimum Gasteiger partial charge on any atom is -0.493 e. The van der Waals surface area contributed by atoms with Crippen molar-refractivity contribution in [2.24, 2.45) is 0 Å². The molecule has 31 heavy (non-hydrogen) atoms. The van der Waals surface area contributed by atoms with Crippen LogP contribution in [0.15, 0.2) is 47.5 Å². The highest BCUT2D eigenvalue weighted by molar-refractivity contribution is 5.80. The molecule has 0 aliphatic carbocycles. The summed E-state index contributed by atoms with van der Waals surface area (Å²) in [6.45, 7) is 13.0. The van der Waals surface area contributed by atoms with Gasteiger partial charge in [0.15, 0.2) is 11.9 Å². The van der Waals surface area contributed by atoms with Crippen LogP contribution in [0.1, 0.15) is 40.5 Å². The molecule has 1 heterocycles. The Labute approximate surface area is 180 Å². The van der Waals surface area contributed by atoms with E-state index in [2.05, 4.69) is 23.2 Å². The molecule has 1 rings (SSSR count). The van der Waals surface area contributed by atoms with Crippen molar-refractivity contribution in [3.63, 3.8) is 0 Å². The minimum absolute atomic E-state index is 0.0185. The lowest BCUT2D eigenvalue weighted by molar-refractivity contribution is -0.160. The lowest BCUT2D eigenvalue weighted by Crippen LogP contribution is -2.39. The van der Waals surface area contributed by atoms with Gasteiger partial charge in [0, 0.05) is 6.54 Å². The third-order valence-electron chi connectivity index (χ3n) is 4.47. The molecule has 0 aromatic heterocycles. The van der Waals surface area contributed by atoms with Crippen LogP contribution in [0, 0.1) is 0 Å². The number of hydrogen-bond acceptors (Lipinski definition) is 5. The van der Waals surface area contributed by atoms with Crippen LogP contribution in [0.25, 0.3) is 0 Å². The molecule has 0 aromatic rings. The number of methoxy groups -OCH3 is 1. The number of hydrogen-bond donors (Lipinski definition) is 1. The maximum atomic E-state index is 14.0. The van der Waals surface area contributed by atoms with Gasteiger partial charge in [-0.2, -0.15) is 13.2 Å². The van der Waals surface area contributed by atoms with Crippen LogP contribution in [0.2, 0.25) is 0 Å². The molecule has 0 saturated carbocycles. The average Bonchev–Trinajstić information content (AvgIpc) is 2.67. The van der Waals surface area contributed by atoms with Crippen LogP contribution in [0.5, 0.6) is 0 Å². The fourth-order valence-electron chi connectivity index (χ4n) is 3.15. The number of carbonyl (C=O) groups is 1. The highest BCUT2D eigenvalue weighted by Gasteiger charge is 2.42. The van der Waals surface area contributed by atoms with Crippen molar-refractivity contribution in [1.29, 1.82) is 0 Å². The first-order chi connectivity index (χ1) is 14.2. The first-order valence-electron chi connectivity index (χ1n) is 9.83. The van der Waals surface area contributed by atoms with Gasteiger partial charge in [0.1, 0.15) is 5.76 Å². The summed E-state index contributed by atoms with van der Waals surface area (Å²) in [5, 5.41) is 2.90. The molecule has 1 aliphatic rings. The van der Waals surface area contributed by atoms with Crippen LogP contribution in [0.4, 0.5) is 17.6 Å². The first-order valence-corrected chi connectivity index (χ1v) is 9.83. The topological polar surface area (TPSA) is 56.8 Å². The predicted octanol–water partition coefficient (Wildman–Crippen LogP) is 4.91. The molecule has 1 unspecified atom stereocenters. The van der Waals surface area contributed by atoms with Gasteiger partial charge < -0.3 is 19.5 Å². The van der Waals surface area contributed by atoms with E-state index in [1.54, 1.807) is 20.8 Å². The van der Waals surface area contributed by atoms with E-state index in [1.165, 1.54) is 6.92 Å². The quantitative estimate of drug-likeness (QED) is 0.324. The molecule has 0 radical (unpaired) electrons. The molecule has 176 valence electrons. The van der Waals surface area contributed by atoms with E-state index in [4.69, 9.17) is 9.47 Å². The molecule has 1 N–H and O–H groups in total. The Morgan fingerprint density at radius 3 is 2.45 bits per heavy atom. The number of esters is 1.